The van der Waals surface area contributed by atoms with Gasteiger partial charge in [0.1, 0.15) is 17.9 Å². The number of aliphatic carboxylic acids is 2. The summed E-state index contributed by atoms with van der Waals surface area (Å²) in [6.45, 7) is 6.48. The first-order chi connectivity index (χ1) is 14.0. The van der Waals surface area contributed by atoms with Crippen molar-refractivity contribution in [2.75, 3.05) is 6.54 Å². The highest BCUT2D eigenvalue weighted by atomic mass is 16.4. The van der Waals surface area contributed by atoms with Crippen LogP contribution in [0, 0.1) is 11.8 Å². The van der Waals surface area contributed by atoms with Gasteiger partial charge in [-0.2, -0.15) is 0 Å². The lowest BCUT2D eigenvalue weighted by Gasteiger charge is -2.21. The topological polar surface area (TPSA) is 176 Å². The van der Waals surface area contributed by atoms with E-state index >= 15 is 0 Å². The van der Waals surface area contributed by atoms with E-state index in [1.807, 2.05) is 6.92 Å². The van der Waals surface area contributed by atoms with E-state index in [1.54, 1.807) is 6.08 Å². The van der Waals surface area contributed by atoms with Crippen LogP contribution in [0.5, 0.6) is 0 Å². The van der Waals surface area contributed by atoms with Crippen molar-refractivity contribution in [2.24, 2.45) is 17.6 Å². The first-order valence-corrected chi connectivity index (χ1v) is 9.92. The van der Waals surface area contributed by atoms with Crippen molar-refractivity contribution < 1.29 is 34.2 Å². The number of hydrogen-bond donors (Lipinski definition) is 5. The second kappa shape index (κ2) is 14.3. The maximum atomic E-state index is 12.4. The molecule has 4 atom stereocenters. The standard InChI is InChI=1S/C20H33N3O7/c1-4-6-13(9-14(5-2)16(24)8-7-15(21)20(29)30)10-17(25)22-11-18(26)23-12(3)19(27)28/h4,12-15H,1,5-11,21H2,2-3H3,(H,22,25)(H,23,26)(H,27,28)(H,29,30)/t12-,13+,14?,15+/m1/s1. The molecule has 30 heavy (non-hydrogen) atoms. The molecule has 0 saturated heterocycles. The molecule has 1 unspecified atom stereocenters. The van der Waals surface area contributed by atoms with Gasteiger partial charge in [0, 0.05) is 18.8 Å². The fraction of sp³-hybridized carbons (Fsp3) is 0.650. The van der Waals surface area contributed by atoms with Crippen molar-refractivity contribution in [2.45, 2.75) is 64.5 Å². The van der Waals surface area contributed by atoms with E-state index in [4.69, 9.17) is 15.9 Å². The number of Topliss-reactive ketones (excluding diaryl/α,β-unsaturated/α-hetero) is 1. The number of carboxylic acid groups (broad SMARTS) is 2. The van der Waals surface area contributed by atoms with Crippen molar-refractivity contribution >= 4 is 29.5 Å². The second-order valence-corrected chi connectivity index (χ2v) is 7.29. The molecule has 6 N–H and O–H groups in total. The number of nitrogens with one attached hydrogen (secondary N) is 2. The van der Waals surface area contributed by atoms with Crippen molar-refractivity contribution in [1.82, 2.24) is 10.6 Å². The summed E-state index contributed by atoms with van der Waals surface area (Å²) in [4.78, 5) is 57.8. The van der Waals surface area contributed by atoms with Crippen LogP contribution in [0.1, 0.15) is 52.4 Å². The molecule has 10 nitrogen and oxygen atoms in total. The Hall–Kier alpha value is -2.75. The van der Waals surface area contributed by atoms with Gasteiger partial charge < -0.3 is 26.6 Å². The number of carboxylic acids is 2. The van der Waals surface area contributed by atoms with Gasteiger partial charge >= 0.3 is 11.9 Å². The molecule has 10 heteroatoms. The van der Waals surface area contributed by atoms with Gasteiger partial charge in [-0.3, -0.25) is 24.0 Å². The highest BCUT2D eigenvalue weighted by Gasteiger charge is 2.24. The minimum absolute atomic E-state index is 0.0565. The van der Waals surface area contributed by atoms with Crippen molar-refractivity contribution in [3.05, 3.63) is 12.7 Å². The first kappa shape index (κ1) is 27.2. The smallest absolute Gasteiger partial charge is 0.325 e. The Kier molecular flexibility index (Phi) is 13.0. The molecule has 0 spiro atoms. The van der Waals surface area contributed by atoms with Gasteiger partial charge in [-0.15, -0.1) is 6.58 Å². The van der Waals surface area contributed by atoms with Crippen LogP contribution >= 0.6 is 0 Å². The molecule has 0 aromatic heterocycles. The minimum Gasteiger partial charge on any atom is -0.480 e. The zero-order valence-corrected chi connectivity index (χ0v) is 17.6. The van der Waals surface area contributed by atoms with E-state index in [-0.39, 0.29) is 43.4 Å². The predicted molar refractivity (Wildman–Crippen MR) is 109 cm³/mol. The van der Waals surface area contributed by atoms with Gasteiger partial charge in [0.2, 0.25) is 11.8 Å². The van der Waals surface area contributed by atoms with Crippen LogP contribution in [0.3, 0.4) is 0 Å². The molecule has 0 aliphatic rings. The summed E-state index contributed by atoms with van der Waals surface area (Å²) in [6.07, 6.45) is 3.31. The zero-order valence-electron chi connectivity index (χ0n) is 17.6. The lowest BCUT2D eigenvalue weighted by atomic mass is 9.84. The Labute approximate surface area is 176 Å². The average Bonchev–Trinajstić information content (AvgIpc) is 2.67. The number of allylic oxidation sites excluding steroid dienone is 1. The van der Waals surface area contributed by atoms with Crippen LogP contribution in [0.2, 0.25) is 0 Å². The third-order valence-electron chi connectivity index (χ3n) is 4.75. The average molecular weight is 427 g/mol. The molecule has 0 aliphatic carbocycles. The summed E-state index contributed by atoms with van der Waals surface area (Å²) < 4.78 is 0. The number of nitrogens with two attached hydrogens (primary N) is 1. The van der Waals surface area contributed by atoms with Crippen molar-refractivity contribution in [3.8, 4) is 0 Å². The molecular formula is C20H33N3O7. The fourth-order valence-corrected chi connectivity index (χ4v) is 2.92. The quantitative estimate of drug-likeness (QED) is 0.221. The van der Waals surface area contributed by atoms with Gasteiger partial charge in [-0.1, -0.05) is 13.0 Å². The maximum absolute atomic E-state index is 12.4. The van der Waals surface area contributed by atoms with Crippen LogP contribution in [0.15, 0.2) is 12.7 Å². The highest BCUT2D eigenvalue weighted by molar-refractivity contribution is 5.87. The Morgan fingerprint density at radius 2 is 1.73 bits per heavy atom. The maximum Gasteiger partial charge on any atom is 0.325 e. The molecule has 0 aromatic rings. The van der Waals surface area contributed by atoms with E-state index < -0.39 is 35.8 Å². The van der Waals surface area contributed by atoms with Crippen LogP contribution in [0.25, 0.3) is 0 Å². The fourth-order valence-electron chi connectivity index (χ4n) is 2.92. The number of rotatable bonds is 16. The predicted octanol–water partition coefficient (Wildman–Crippen LogP) is 0.452. The molecule has 0 aromatic carbocycles. The van der Waals surface area contributed by atoms with Gasteiger partial charge in [0.15, 0.2) is 0 Å². The first-order valence-electron chi connectivity index (χ1n) is 9.92. The lowest BCUT2D eigenvalue weighted by molar-refractivity contribution is -0.141. The molecule has 0 radical (unpaired) electrons. The molecular weight excluding hydrogens is 394 g/mol. The third kappa shape index (κ3) is 11.3. The normalized spacial score (nSPS) is 14.6. The highest BCUT2D eigenvalue weighted by Crippen LogP contribution is 2.24. The number of ketones is 1. The van der Waals surface area contributed by atoms with Gasteiger partial charge in [0.25, 0.3) is 0 Å². The summed E-state index contributed by atoms with van der Waals surface area (Å²) in [7, 11) is 0. The molecule has 2 amide bonds. The summed E-state index contributed by atoms with van der Waals surface area (Å²) in [5.74, 6) is -3.94. The van der Waals surface area contributed by atoms with E-state index in [0.717, 1.165) is 0 Å². The van der Waals surface area contributed by atoms with Crippen molar-refractivity contribution in [3.63, 3.8) is 0 Å². The summed E-state index contributed by atoms with van der Waals surface area (Å²) in [5, 5.41) is 22.3. The van der Waals surface area contributed by atoms with E-state index in [9.17, 15) is 24.0 Å². The molecule has 0 rings (SSSR count). The Morgan fingerprint density at radius 1 is 1.10 bits per heavy atom. The number of carbonyl (C=O) groups excluding carboxylic acids is 3. The van der Waals surface area contributed by atoms with Crippen LogP contribution in [-0.4, -0.2) is 58.4 Å². The number of carbonyl (C=O) groups is 5. The van der Waals surface area contributed by atoms with Gasteiger partial charge in [0.05, 0.1) is 6.54 Å². The largest absolute Gasteiger partial charge is 0.480 e. The van der Waals surface area contributed by atoms with E-state index in [1.165, 1.54) is 6.92 Å². The monoisotopic (exact) mass is 427 g/mol. The third-order valence-corrected chi connectivity index (χ3v) is 4.75. The molecule has 170 valence electrons. The molecule has 0 bridgehead atoms. The Morgan fingerprint density at radius 3 is 2.23 bits per heavy atom. The second-order valence-electron chi connectivity index (χ2n) is 7.29. The van der Waals surface area contributed by atoms with Crippen LogP contribution in [0.4, 0.5) is 0 Å². The molecule has 0 fully saturated rings. The Bertz CT molecular complexity index is 636. The molecule has 0 heterocycles. The SMILES string of the molecule is C=CC[C@H](CC(=O)NCC(=O)N[C@H](C)C(=O)O)CC(CC)C(=O)CC[C@H](N)C(=O)O. The zero-order chi connectivity index (χ0) is 23.3. The number of hydrogen-bond acceptors (Lipinski definition) is 6. The molecule has 0 aliphatic heterocycles. The molecule has 0 saturated carbocycles. The van der Waals surface area contributed by atoms with Crippen molar-refractivity contribution in [1.29, 1.82) is 0 Å². The summed E-state index contributed by atoms with van der Waals surface area (Å²) >= 11 is 0. The van der Waals surface area contributed by atoms with Crippen LogP contribution < -0.4 is 16.4 Å². The summed E-state index contributed by atoms with van der Waals surface area (Å²) in [6, 6.07) is -2.15. The van der Waals surface area contributed by atoms with E-state index in [2.05, 4.69) is 17.2 Å². The van der Waals surface area contributed by atoms with Gasteiger partial charge in [-0.25, -0.2) is 0 Å². The van der Waals surface area contributed by atoms with Gasteiger partial charge in [-0.05, 0) is 38.5 Å². The lowest BCUT2D eigenvalue weighted by Crippen LogP contribution is -2.44. The van der Waals surface area contributed by atoms with Crippen LogP contribution in [-0.2, 0) is 24.0 Å². The number of amides is 2. The van der Waals surface area contributed by atoms with E-state index in [0.29, 0.717) is 19.3 Å². The Balaban J connectivity index is 4.67. The minimum atomic E-state index is -1.18. The summed E-state index contributed by atoms with van der Waals surface area (Å²) in [5.41, 5.74) is 5.44.